The van der Waals surface area contributed by atoms with E-state index < -0.39 is 5.60 Å². The summed E-state index contributed by atoms with van der Waals surface area (Å²) in [5.41, 5.74) is 7.91. The van der Waals surface area contributed by atoms with Gasteiger partial charge in [0.1, 0.15) is 17.3 Å². The van der Waals surface area contributed by atoms with E-state index in [1.165, 1.54) is 0 Å². The van der Waals surface area contributed by atoms with E-state index in [2.05, 4.69) is 9.99 Å². The number of nitrogens with zero attached hydrogens (tertiary/aromatic N) is 5. The van der Waals surface area contributed by atoms with Crippen molar-refractivity contribution in [1.82, 2.24) is 19.4 Å². The predicted molar refractivity (Wildman–Crippen MR) is 132 cm³/mol. The van der Waals surface area contributed by atoms with E-state index in [0.29, 0.717) is 35.5 Å². The molecule has 6 rings (SSSR count). The molecule has 0 bridgehead atoms. The van der Waals surface area contributed by atoms with Gasteiger partial charge < -0.3 is 20.6 Å². The van der Waals surface area contributed by atoms with Gasteiger partial charge in [0, 0.05) is 30.2 Å². The summed E-state index contributed by atoms with van der Waals surface area (Å²) in [7, 11) is 1.62. The molecule has 3 aromatic heterocycles. The lowest BCUT2D eigenvalue weighted by molar-refractivity contribution is -0.0529. The SMILES string of the molecule is COc1cn(N2CCCC2)c(=O)c2cc(-c3nn(C4CC(C)(O)C4)c4ccnc(N)c34)ccc12. The molecular weight excluding hydrogens is 432 g/mol. The van der Waals surface area contributed by atoms with E-state index in [9.17, 15) is 9.90 Å². The number of aliphatic hydroxyl groups is 1. The van der Waals surface area contributed by atoms with E-state index in [-0.39, 0.29) is 11.6 Å². The minimum atomic E-state index is -0.679. The molecule has 0 unspecified atom stereocenters. The molecule has 1 aliphatic heterocycles. The summed E-state index contributed by atoms with van der Waals surface area (Å²) < 4.78 is 9.26. The highest BCUT2D eigenvalue weighted by atomic mass is 16.5. The van der Waals surface area contributed by atoms with Crippen molar-refractivity contribution < 1.29 is 9.84 Å². The summed E-state index contributed by atoms with van der Waals surface area (Å²) >= 11 is 0. The zero-order valence-electron chi connectivity index (χ0n) is 19.4. The van der Waals surface area contributed by atoms with Crippen LogP contribution in [0.25, 0.3) is 32.9 Å². The van der Waals surface area contributed by atoms with Gasteiger partial charge in [-0.15, -0.1) is 0 Å². The molecule has 2 fully saturated rings. The second-order valence-corrected chi connectivity index (χ2v) is 9.71. The number of hydrogen-bond acceptors (Lipinski definition) is 7. The predicted octanol–water partition coefficient (Wildman–Crippen LogP) is 2.82. The Hall–Kier alpha value is -3.59. The van der Waals surface area contributed by atoms with Crippen molar-refractivity contribution in [3.05, 3.63) is 47.0 Å². The van der Waals surface area contributed by atoms with Crippen molar-refractivity contribution in [3.8, 4) is 17.0 Å². The maximum atomic E-state index is 13.5. The number of methoxy groups -OCH3 is 1. The lowest BCUT2D eigenvalue weighted by Gasteiger charge is -2.41. The first kappa shape index (κ1) is 21.0. The number of nitrogen functional groups attached to an aromatic ring is 1. The van der Waals surface area contributed by atoms with Crippen LogP contribution < -0.4 is 21.0 Å². The molecule has 0 spiro atoms. The zero-order chi connectivity index (χ0) is 23.6. The van der Waals surface area contributed by atoms with Gasteiger partial charge in [0.05, 0.1) is 41.2 Å². The molecule has 176 valence electrons. The Morgan fingerprint density at radius 3 is 2.65 bits per heavy atom. The molecule has 1 saturated carbocycles. The van der Waals surface area contributed by atoms with Gasteiger partial charge in [-0.2, -0.15) is 5.10 Å². The highest BCUT2D eigenvalue weighted by Gasteiger charge is 2.41. The van der Waals surface area contributed by atoms with Gasteiger partial charge in [-0.05, 0) is 50.8 Å². The first-order valence-electron chi connectivity index (χ1n) is 11.7. The fraction of sp³-hybridized carbons (Fsp3) is 0.400. The molecule has 4 aromatic rings. The van der Waals surface area contributed by atoms with Gasteiger partial charge in [0.15, 0.2) is 0 Å². The Kier molecular flexibility index (Phi) is 4.60. The van der Waals surface area contributed by atoms with Crippen LogP contribution in [-0.4, -0.2) is 50.3 Å². The highest BCUT2D eigenvalue weighted by Crippen LogP contribution is 2.44. The van der Waals surface area contributed by atoms with Crippen molar-refractivity contribution in [2.24, 2.45) is 0 Å². The zero-order valence-corrected chi connectivity index (χ0v) is 19.4. The molecule has 9 heteroatoms. The summed E-state index contributed by atoms with van der Waals surface area (Å²) in [5, 5.41) is 19.4. The minimum absolute atomic E-state index is 0.0792. The monoisotopic (exact) mass is 460 g/mol. The third-order valence-electron chi connectivity index (χ3n) is 7.19. The normalized spacial score (nSPS) is 22.4. The lowest BCUT2D eigenvalue weighted by Crippen LogP contribution is -2.42. The van der Waals surface area contributed by atoms with Gasteiger partial charge >= 0.3 is 0 Å². The van der Waals surface area contributed by atoms with Crippen LogP contribution in [0, 0.1) is 0 Å². The number of rotatable bonds is 4. The fourth-order valence-corrected chi connectivity index (χ4v) is 5.46. The van der Waals surface area contributed by atoms with Gasteiger partial charge in [-0.25, -0.2) is 9.66 Å². The molecule has 1 aliphatic carbocycles. The molecule has 0 atom stereocenters. The van der Waals surface area contributed by atoms with E-state index in [0.717, 1.165) is 47.8 Å². The number of fused-ring (bicyclic) bond motifs is 2. The summed E-state index contributed by atoms with van der Waals surface area (Å²) in [6, 6.07) is 7.72. The van der Waals surface area contributed by atoms with E-state index in [4.69, 9.17) is 15.6 Å². The molecule has 0 radical (unpaired) electrons. The number of benzene rings is 1. The standard InChI is InChI=1S/C25H28N6O3/c1-25(33)12-16(13-25)31-19-7-8-27-23(26)21(19)22(28-31)15-5-6-17-18(11-15)24(32)30(14-20(17)34-2)29-9-3-4-10-29/h5-8,11,14,16,33H,3-4,9-10,12-13H2,1-2H3,(H2,26,27). The summed E-state index contributed by atoms with van der Waals surface area (Å²) in [6.45, 7) is 3.53. The van der Waals surface area contributed by atoms with Crippen LogP contribution in [0.15, 0.2) is 41.5 Å². The second-order valence-electron chi connectivity index (χ2n) is 9.71. The number of aromatic nitrogens is 4. The van der Waals surface area contributed by atoms with Crippen LogP contribution in [0.4, 0.5) is 5.82 Å². The largest absolute Gasteiger partial charge is 0.494 e. The van der Waals surface area contributed by atoms with Gasteiger partial charge in [0.25, 0.3) is 5.56 Å². The Morgan fingerprint density at radius 1 is 1.18 bits per heavy atom. The minimum Gasteiger partial charge on any atom is -0.494 e. The quantitative estimate of drug-likeness (QED) is 0.482. The molecule has 1 aromatic carbocycles. The maximum absolute atomic E-state index is 13.5. The van der Waals surface area contributed by atoms with E-state index in [1.54, 1.807) is 24.2 Å². The van der Waals surface area contributed by atoms with Crippen LogP contribution in [0.2, 0.25) is 0 Å². The Morgan fingerprint density at radius 2 is 1.94 bits per heavy atom. The average Bonchev–Trinajstić information content (AvgIpc) is 3.47. The number of ether oxygens (including phenoxy) is 1. The molecule has 3 N–H and O–H groups in total. The number of anilines is 1. The highest BCUT2D eigenvalue weighted by molar-refractivity contribution is 6.02. The fourth-order valence-electron chi connectivity index (χ4n) is 5.46. The van der Waals surface area contributed by atoms with Crippen molar-refractivity contribution in [2.45, 2.75) is 44.2 Å². The van der Waals surface area contributed by atoms with Crippen LogP contribution >= 0.6 is 0 Å². The molecule has 2 aliphatic rings. The van der Waals surface area contributed by atoms with Crippen LogP contribution in [0.5, 0.6) is 5.75 Å². The Bertz CT molecular complexity index is 1470. The third kappa shape index (κ3) is 3.14. The number of pyridine rings is 2. The van der Waals surface area contributed by atoms with Crippen molar-refractivity contribution in [3.63, 3.8) is 0 Å². The summed E-state index contributed by atoms with van der Waals surface area (Å²) in [5.74, 6) is 1.05. The Labute approximate surface area is 196 Å². The molecule has 0 amide bonds. The van der Waals surface area contributed by atoms with Crippen molar-refractivity contribution in [2.75, 3.05) is 30.9 Å². The van der Waals surface area contributed by atoms with Gasteiger partial charge in [-0.3, -0.25) is 9.48 Å². The van der Waals surface area contributed by atoms with E-state index >= 15 is 0 Å². The summed E-state index contributed by atoms with van der Waals surface area (Å²) in [4.78, 5) is 17.8. The van der Waals surface area contributed by atoms with E-state index in [1.807, 2.05) is 35.9 Å². The topological polar surface area (TPSA) is 111 Å². The third-order valence-corrected chi connectivity index (χ3v) is 7.19. The number of nitrogens with two attached hydrogens (primary N) is 1. The van der Waals surface area contributed by atoms with Gasteiger partial charge in [-0.1, -0.05) is 6.07 Å². The molecule has 9 nitrogen and oxygen atoms in total. The number of hydrogen-bond donors (Lipinski definition) is 2. The van der Waals surface area contributed by atoms with Crippen molar-refractivity contribution in [1.29, 1.82) is 0 Å². The summed E-state index contributed by atoms with van der Waals surface area (Å²) in [6.07, 6.45) is 6.84. The van der Waals surface area contributed by atoms with Crippen molar-refractivity contribution >= 4 is 27.5 Å². The first-order valence-corrected chi connectivity index (χ1v) is 11.7. The Balaban J connectivity index is 1.55. The van der Waals surface area contributed by atoms with Crippen LogP contribution in [0.1, 0.15) is 38.6 Å². The lowest BCUT2D eigenvalue weighted by atomic mass is 9.77. The smallest absolute Gasteiger partial charge is 0.277 e. The van der Waals surface area contributed by atoms with Gasteiger partial charge in [0.2, 0.25) is 0 Å². The maximum Gasteiger partial charge on any atom is 0.277 e. The first-order chi connectivity index (χ1) is 16.4. The average molecular weight is 461 g/mol. The van der Waals surface area contributed by atoms with Crippen LogP contribution in [-0.2, 0) is 0 Å². The molecule has 34 heavy (non-hydrogen) atoms. The second kappa shape index (κ2) is 7.46. The molecule has 4 heterocycles. The molecular formula is C25H28N6O3. The van der Waals surface area contributed by atoms with Crippen LogP contribution in [0.3, 0.4) is 0 Å². The molecule has 1 saturated heterocycles.